The van der Waals surface area contributed by atoms with Crippen LogP contribution in [0.2, 0.25) is 0 Å². The Morgan fingerprint density at radius 2 is 1.75 bits per heavy atom. The quantitative estimate of drug-likeness (QED) is 0.264. The lowest BCUT2D eigenvalue weighted by Crippen LogP contribution is -2.12. The van der Waals surface area contributed by atoms with Gasteiger partial charge in [-0.1, -0.05) is 49.4 Å². The lowest BCUT2D eigenvalue weighted by atomic mass is 9.88. The first-order valence-electron chi connectivity index (χ1n) is 9.19. The van der Waals surface area contributed by atoms with Gasteiger partial charge in [0.15, 0.2) is 0 Å². The second-order valence-corrected chi connectivity index (χ2v) is 6.60. The van der Waals surface area contributed by atoms with E-state index in [9.17, 15) is 14.9 Å². The molecule has 146 valence electrons. The van der Waals surface area contributed by atoms with Crippen molar-refractivity contribution < 1.29 is 14.8 Å². The Bertz CT molecular complexity index is 855. The van der Waals surface area contributed by atoms with Gasteiger partial charge in [0, 0.05) is 29.8 Å². The lowest BCUT2D eigenvalue weighted by molar-refractivity contribution is -0.384. The summed E-state index contributed by atoms with van der Waals surface area (Å²) in [6, 6.07) is 14.4. The number of hydrogen-bond donors (Lipinski definition) is 2. The number of allylic oxidation sites excluding steroid dienone is 1. The van der Waals surface area contributed by atoms with Crippen LogP contribution in [0.15, 0.2) is 60.7 Å². The van der Waals surface area contributed by atoms with E-state index in [1.807, 2.05) is 24.3 Å². The van der Waals surface area contributed by atoms with Gasteiger partial charge in [0.25, 0.3) is 5.69 Å². The molecule has 0 aliphatic carbocycles. The van der Waals surface area contributed by atoms with E-state index in [0.29, 0.717) is 25.0 Å². The number of nitrogens with zero attached hydrogens (tertiary/aromatic N) is 1. The summed E-state index contributed by atoms with van der Waals surface area (Å²) in [7, 11) is 0. The average Bonchev–Trinajstić information content (AvgIpc) is 2.68. The van der Waals surface area contributed by atoms with Crippen molar-refractivity contribution >= 4 is 17.4 Å². The van der Waals surface area contributed by atoms with Gasteiger partial charge in [-0.25, -0.2) is 4.79 Å². The molecule has 0 aromatic heterocycles. The summed E-state index contributed by atoms with van der Waals surface area (Å²) in [4.78, 5) is 20.8. The minimum Gasteiger partial charge on any atom is -0.478 e. The molecule has 0 amide bonds. The molecule has 0 saturated heterocycles. The van der Waals surface area contributed by atoms with Crippen molar-refractivity contribution in [3.8, 4) is 0 Å². The number of carboxylic acid groups (broad SMARTS) is 1. The van der Waals surface area contributed by atoms with Crippen LogP contribution >= 0.6 is 0 Å². The van der Waals surface area contributed by atoms with Crippen LogP contribution in [-0.4, -0.2) is 21.7 Å². The third-order valence-electron chi connectivity index (χ3n) is 4.66. The summed E-state index contributed by atoms with van der Waals surface area (Å²) in [6.45, 7) is 2.05. The smallest absolute Gasteiger partial charge is 0.327 e. The van der Waals surface area contributed by atoms with E-state index in [4.69, 9.17) is 10.5 Å². The Morgan fingerprint density at radius 3 is 2.29 bits per heavy atom. The van der Waals surface area contributed by atoms with E-state index >= 15 is 0 Å². The van der Waals surface area contributed by atoms with Crippen molar-refractivity contribution in [2.24, 2.45) is 0 Å². The first-order chi connectivity index (χ1) is 13.4. The number of nitrogens with one attached hydrogen (secondary N) is 1. The molecule has 0 aliphatic heterocycles. The molecular formula is C22H24N2O4. The van der Waals surface area contributed by atoms with E-state index in [2.05, 4.69) is 6.92 Å². The van der Waals surface area contributed by atoms with Crippen LogP contribution in [0.25, 0.3) is 0 Å². The molecule has 0 bridgehead atoms. The molecule has 0 heterocycles. The normalized spacial score (nSPS) is 12.0. The van der Waals surface area contributed by atoms with Crippen molar-refractivity contribution in [2.45, 2.75) is 38.5 Å². The molecule has 2 rings (SSSR count). The SMILES string of the molecule is CC[C@H](C(=N)CCc1ccc([N+](=O)[O-])cc1)c1ccc(C/C=C/C(=O)O)cc1. The molecule has 2 aromatic carbocycles. The van der Waals surface area contributed by atoms with Crippen LogP contribution in [0.1, 0.15) is 42.4 Å². The Balaban J connectivity index is 1.96. The molecule has 0 fully saturated rings. The molecule has 0 radical (unpaired) electrons. The highest BCUT2D eigenvalue weighted by Gasteiger charge is 2.15. The van der Waals surface area contributed by atoms with Crippen LogP contribution in [-0.2, 0) is 17.6 Å². The van der Waals surface area contributed by atoms with E-state index in [1.54, 1.807) is 18.2 Å². The highest BCUT2D eigenvalue weighted by Crippen LogP contribution is 2.24. The standard InChI is InChI=1S/C22H24N2O4/c1-2-20(18-11-6-16(7-12-18)4-3-5-22(25)26)21(23)15-10-17-8-13-19(14-9-17)24(27)28/h3,5-9,11-14,20,23H,2,4,10,15H2,1H3,(H,25,26)/b5-3+,23-21?/t20-/m0/s1. The Kier molecular flexibility index (Phi) is 7.63. The molecule has 1 atom stereocenters. The number of carbonyl (C=O) groups is 1. The van der Waals surface area contributed by atoms with E-state index < -0.39 is 10.9 Å². The minimum atomic E-state index is -0.955. The number of rotatable bonds is 10. The number of carboxylic acids is 1. The van der Waals surface area contributed by atoms with Crippen LogP contribution in [0, 0.1) is 15.5 Å². The largest absolute Gasteiger partial charge is 0.478 e. The van der Waals surface area contributed by atoms with Gasteiger partial charge in [-0.2, -0.15) is 0 Å². The molecule has 0 spiro atoms. The summed E-state index contributed by atoms with van der Waals surface area (Å²) < 4.78 is 0. The fraction of sp³-hybridized carbons (Fsp3) is 0.273. The maximum absolute atomic E-state index is 10.7. The fourth-order valence-corrected chi connectivity index (χ4v) is 3.10. The number of aliphatic carboxylic acids is 1. The molecule has 2 N–H and O–H groups in total. The van der Waals surface area contributed by atoms with Gasteiger partial charge in [-0.15, -0.1) is 0 Å². The third kappa shape index (κ3) is 6.16. The van der Waals surface area contributed by atoms with Crippen molar-refractivity contribution in [1.29, 1.82) is 5.41 Å². The van der Waals surface area contributed by atoms with Crippen LogP contribution in [0.3, 0.4) is 0 Å². The van der Waals surface area contributed by atoms with Crippen molar-refractivity contribution in [3.63, 3.8) is 0 Å². The molecule has 6 heteroatoms. The molecule has 0 saturated carbocycles. The first-order valence-corrected chi connectivity index (χ1v) is 9.19. The predicted octanol–water partition coefficient (Wildman–Crippen LogP) is 4.92. The number of non-ortho nitro benzene ring substituents is 1. The number of benzene rings is 2. The molecule has 6 nitrogen and oxygen atoms in total. The Hall–Kier alpha value is -3.28. The van der Waals surface area contributed by atoms with Gasteiger partial charge in [-0.05, 0) is 42.4 Å². The zero-order chi connectivity index (χ0) is 20.5. The molecular weight excluding hydrogens is 356 g/mol. The number of nitro benzene ring substituents is 1. The Labute approximate surface area is 164 Å². The number of hydrogen-bond acceptors (Lipinski definition) is 4. The van der Waals surface area contributed by atoms with Crippen molar-refractivity contribution in [2.75, 3.05) is 0 Å². The number of aryl methyl sites for hydroxylation is 1. The summed E-state index contributed by atoms with van der Waals surface area (Å²) in [5.74, 6) is -0.925. The van der Waals surface area contributed by atoms with Gasteiger partial charge < -0.3 is 10.5 Å². The summed E-state index contributed by atoms with van der Waals surface area (Å²) >= 11 is 0. The second-order valence-electron chi connectivity index (χ2n) is 6.60. The van der Waals surface area contributed by atoms with E-state index in [0.717, 1.165) is 29.2 Å². The summed E-state index contributed by atoms with van der Waals surface area (Å²) in [6.07, 6.45) is 5.39. The van der Waals surface area contributed by atoms with Crippen LogP contribution in [0.5, 0.6) is 0 Å². The van der Waals surface area contributed by atoms with Gasteiger partial charge in [0.05, 0.1) is 4.92 Å². The number of nitro groups is 1. The zero-order valence-electron chi connectivity index (χ0n) is 15.8. The van der Waals surface area contributed by atoms with Gasteiger partial charge >= 0.3 is 5.97 Å². The van der Waals surface area contributed by atoms with E-state index in [-0.39, 0.29) is 11.6 Å². The van der Waals surface area contributed by atoms with Gasteiger partial charge in [0.1, 0.15) is 0 Å². The summed E-state index contributed by atoms with van der Waals surface area (Å²) in [5.41, 5.74) is 3.78. The zero-order valence-corrected chi connectivity index (χ0v) is 15.8. The monoisotopic (exact) mass is 380 g/mol. The summed E-state index contributed by atoms with van der Waals surface area (Å²) in [5, 5.41) is 27.8. The second kappa shape index (κ2) is 10.2. The van der Waals surface area contributed by atoms with E-state index in [1.165, 1.54) is 12.1 Å². The molecule has 28 heavy (non-hydrogen) atoms. The first kappa shape index (κ1) is 21.0. The third-order valence-corrected chi connectivity index (χ3v) is 4.66. The lowest BCUT2D eigenvalue weighted by Gasteiger charge is -2.17. The molecule has 0 unspecified atom stereocenters. The molecule has 2 aromatic rings. The maximum Gasteiger partial charge on any atom is 0.327 e. The van der Waals surface area contributed by atoms with Gasteiger partial charge in [0.2, 0.25) is 0 Å². The van der Waals surface area contributed by atoms with Gasteiger partial charge in [-0.3, -0.25) is 10.1 Å². The van der Waals surface area contributed by atoms with Crippen LogP contribution < -0.4 is 0 Å². The van der Waals surface area contributed by atoms with Crippen molar-refractivity contribution in [3.05, 3.63) is 87.5 Å². The fourth-order valence-electron chi connectivity index (χ4n) is 3.10. The maximum atomic E-state index is 10.7. The van der Waals surface area contributed by atoms with Crippen LogP contribution in [0.4, 0.5) is 5.69 Å². The average molecular weight is 380 g/mol. The molecule has 0 aliphatic rings. The van der Waals surface area contributed by atoms with Crippen molar-refractivity contribution in [1.82, 2.24) is 0 Å². The highest BCUT2D eigenvalue weighted by molar-refractivity contribution is 5.88. The highest BCUT2D eigenvalue weighted by atomic mass is 16.6. The predicted molar refractivity (Wildman–Crippen MR) is 109 cm³/mol. The minimum absolute atomic E-state index is 0.0293. The topological polar surface area (TPSA) is 104 Å². The Morgan fingerprint density at radius 1 is 1.14 bits per heavy atom.